The van der Waals surface area contributed by atoms with Gasteiger partial charge in [-0.15, -0.1) is 0 Å². The number of nitrogens with zero attached hydrogens (tertiary/aromatic N) is 1. The molecule has 0 atom stereocenters. The highest BCUT2D eigenvalue weighted by atomic mass is 35.5. The monoisotopic (exact) mass is 348 g/mol. The van der Waals surface area contributed by atoms with Crippen molar-refractivity contribution in [2.24, 2.45) is 7.05 Å². The fourth-order valence-corrected chi connectivity index (χ4v) is 2.91. The van der Waals surface area contributed by atoms with E-state index in [0.717, 1.165) is 5.56 Å². The molecule has 24 heavy (non-hydrogen) atoms. The minimum absolute atomic E-state index is 0.240. The summed E-state index contributed by atoms with van der Waals surface area (Å²) in [6.07, 6.45) is 0. The molecule has 0 radical (unpaired) electrons. The molecular formula is C18H21ClN2O3. The molecule has 0 saturated carbocycles. The Morgan fingerprint density at radius 1 is 1.25 bits per heavy atom. The van der Waals surface area contributed by atoms with Crippen LogP contribution in [0.25, 0.3) is 0 Å². The lowest BCUT2D eigenvalue weighted by Gasteiger charge is -2.08. The van der Waals surface area contributed by atoms with Crippen molar-refractivity contribution in [1.29, 1.82) is 0 Å². The summed E-state index contributed by atoms with van der Waals surface area (Å²) >= 11 is 6.11. The molecule has 0 fully saturated rings. The molecule has 0 bridgehead atoms. The zero-order valence-electron chi connectivity index (χ0n) is 14.3. The summed E-state index contributed by atoms with van der Waals surface area (Å²) in [6, 6.07) is 7.34. The fourth-order valence-electron chi connectivity index (χ4n) is 2.71. The number of carbonyl (C=O) groups is 2. The summed E-state index contributed by atoms with van der Waals surface area (Å²) in [5.74, 6) is -0.665. The SMILES string of the molecule is CCOC(=O)c1c(C)c(C(=O)NCc2ccccc2Cl)c(C)n1C. The van der Waals surface area contributed by atoms with Crippen LogP contribution in [0.5, 0.6) is 0 Å². The van der Waals surface area contributed by atoms with Crippen molar-refractivity contribution < 1.29 is 14.3 Å². The number of hydrogen-bond donors (Lipinski definition) is 1. The minimum atomic E-state index is -0.425. The van der Waals surface area contributed by atoms with E-state index < -0.39 is 5.97 Å². The number of carbonyl (C=O) groups excluding carboxylic acids is 2. The van der Waals surface area contributed by atoms with Crippen LogP contribution in [0.15, 0.2) is 24.3 Å². The van der Waals surface area contributed by atoms with Crippen LogP contribution in [0.1, 0.15) is 44.6 Å². The number of halogens is 1. The van der Waals surface area contributed by atoms with Crippen molar-refractivity contribution in [3.8, 4) is 0 Å². The molecule has 1 aromatic carbocycles. The van der Waals surface area contributed by atoms with Crippen LogP contribution in [-0.4, -0.2) is 23.1 Å². The Morgan fingerprint density at radius 2 is 1.92 bits per heavy atom. The molecule has 0 saturated heterocycles. The molecular weight excluding hydrogens is 328 g/mol. The van der Waals surface area contributed by atoms with Crippen molar-refractivity contribution >= 4 is 23.5 Å². The third-order valence-corrected chi connectivity index (χ3v) is 4.39. The molecule has 0 unspecified atom stereocenters. The van der Waals surface area contributed by atoms with Gasteiger partial charge >= 0.3 is 5.97 Å². The van der Waals surface area contributed by atoms with E-state index in [4.69, 9.17) is 16.3 Å². The number of amides is 1. The standard InChI is InChI=1S/C18H21ClN2O3/c1-5-24-18(23)16-11(2)15(12(3)21(16)4)17(22)20-10-13-8-6-7-9-14(13)19/h6-9H,5,10H2,1-4H3,(H,20,22). The van der Waals surface area contributed by atoms with E-state index >= 15 is 0 Å². The maximum atomic E-state index is 12.6. The quantitative estimate of drug-likeness (QED) is 0.842. The maximum absolute atomic E-state index is 12.6. The first kappa shape index (κ1) is 18.1. The highest BCUT2D eigenvalue weighted by molar-refractivity contribution is 6.31. The Hall–Kier alpha value is -2.27. The summed E-state index contributed by atoms with van der Waals surface area (Å²) in [6.45, 7) is 5.92. The van der Waals surface area contributed by atoms with Gasteiger partial charge in [0.1, 0.15) is 5.69 Å². The predicted octanol–water partition coefficient (Wildman–Crippen LogP) is 3.40. The molecule has 6 heteroatoms. The molecule has 0 spiro atoms. The first-order chi connectivity index (χ1) is 11.4. The number of esters is 1. The number of rotatable bonds is 5. The zero-order chi connectivity index (χ0) is 17.9. The second-order valence-corrected chi connectivity index (χ2v) is 5.89. The van der Waals surface area contributed by atoms with E-state index in [1.807, 2.05) is 18.2 Å². The summed E-state index contributed by atoms with van der Waals surface area (Å²) in [7, 11) is 1.75. The topological polar surface area (TPSA) is 60.3 Å². The highest BCUT2D eigenvalue weighted by Crippen LogP contribution is 2.22. The number of hydrogen-bond acceptors (Lipinski definition) is 3. The van der Waals surface area contributed by atoms with Crippen LogP contribution in [0, 0.1) is 13.8 Å². The van der Waals surface area contributed by atoms with Gasteiger partial charge in [-0.05, 0) is 38.0 Å². The lowest BCUT2D eigenvalue weighted by Crippen LogP contribution is -2.24. The fraction of sp³-hybridized carbons (Fsp3) is 0.333. The largest absolute Gasteiger partial charge is 0.461 e. The molecule has 5 nitrogen and oxygen atoms in total. The Kier molecular flexibility index (Phi) is 5.67. The molecule has 0 aliphatic heterocycles. The zero-order valence-corrected chi connectivity index (χ0v) is 15.0. The Bertz CT molecular complexity index is 781. The van der Waals surface area contributed by atoms with E-state index in [1.165, 1.54) is 0 Å². The molecule has 128 valence electrons. The summed E-state index contributed by atoms with van der Waals surface area (Å²) in [5, 5.41) is 3.46. The van der Waals surface area contributed by atoms with Gasteiger partial charge in [-0.2, -0.15) is 0 Å². The van der Waals surface area contributed by atoms with E-state index in [2.05, 4.69) is 5.32 Å². The molecule has 1 aromatic heterocycles. The van der Waals surface area contributed by atoms with Crippen LogP contribution >= 0.6 is 11.6 Å². The molecule has 0 aliphatic carbocycles. The predicted molar refractivity (Wildman–Crippen MR) is 93.5 cm³/mol. The van der Waals surface area contributed by atoms with Gasteiger partial charge in [-0.3, -0.25) is 4.79 Å². The van der Waals surface area contributed by atoms with Crippen LogP contribution in [0.2, 0.25) is 5.02 Å². The minimum Gasteiger partial charge on any atom is -0.461 e. The Balaban J connectivity index is 2.25. The second kappa shape index (κ2) is 7.53. The van der Waals surface area contributed by atoms with Crippen LogP contribution in [-0.2, 0) is 18.3 Å². The lowest BCUT2D eigenvalue weighted by molar-refractivity contribution is 0.0514. The Labute approximate surface area is 146 Å². The van der Waals surface area contributed by atoms with Crippen molar-refractivity contribution in [3.63, 3.8) is 0 Å². The smallest absolute Gasteiger partial charge is 0.355 e. The lowest BCUT2D eigenvalue weighted by atomic mass is 10.1. The van der Waals surface area contributed by atoms with Crippen molar-refractivity contribution in [2.45, 2.75) is 27.3 Å². The van der Waals surface area contributed by atoms with Gasteiger partial charge in [-0.25, -0.2) is 4.79 Å². The van der Waals surface area contributed by atoms with Crippen LogP contribution in [0.4, 0.5) is 0 Å². The van der Waals surface area contributed by atoms with Gasteiger partial charge in [0.25, 0.3) is 5.91 Å². The number of ether oxygens (including phenoxy) is 1. The average Bonchev–Trinajstić information content (AvgIpc) is 2.76. The van der Waals surface area contributed by atoms with Gasteiger partial charge in [0.05, 0.1) is 12.2 Å². The molecule has 1 N–H and O–H groups in total. The van der Waals surface area contributed by atoms with Crippen LogP contribution < -0.4 is 5.32 Å². The van der Waals surface area contributed by atoms with Gasteiger partial charge < -0.3 is 14.6 Å². The molecule has 2 rings (SSSR count). The maximum Gasteiger partial charge on any atom is 0.355 e. The van der Waals surface area contributed by atoms with E-state index in [-0.39, 0.29) is 12.5 Å². The third kappa shape index (κ3) is 3.46. The molecule has 0 aliphatic rings. The summed E-state index contributed by atoms with van der Waals surface area (Å²) in [5.41, 5.74) is 3.06. The van der Waals surface area contributed by atoms with Crippen molar-refractivity contribution in [3.05, 3.63) is 57.4 Å². The highest BCUT2D eigenvalue weighted by Gasteiger charge is 2.25. The van der Waals surface area contributed by atoms with Gasteiger partial charge in [0.2, 0.25) is 0 Å². The molecule has 1 amide bonds. The van der Waals surface area contributed by atoms with E-state index in [1.54, 1.807) is 38.5 Å². The number of nitrogens with one attached hydrogen (secondary N) is 1. The summed E-state index contributed by atoms with van der Waals surface area (Å²) in [4.78, 5) is 24.7. The first-order valence-electron chi connectivity index (χ1n) is 7.73. The average molecular weight is 349 g/mol. The first-order valence-corrected chi connectivity index (χ1v) is 8.10. The summed E-state index contributed by atoms with van der Waals surface area (Å²) < 4.78 is 6.77. The molecule has 2 aromatic rings. The normalized spacial score (nSPS) is 10.5. The van der Waals surface area contributed by atoms with E-state index in [9.17, 15) is 9.59 Å². The van der Waals surface area contributed by atoms with Crippen molar-refractivity contribution in [2.75, 3.05) is 6.61 Å². The van der Waals surface area contributed by atoms with Gasteiger partial charge in [0.15, 0.2) is 0 Å². The van der Waals surface area contributed by atoms with Crippen molar-refractivity contribution in [1.82, 2.24) is 9.88 Å². The van der Waals surface area contributed by atoms with Crippen LogP contribution in [0.3, 0.4) is 0 Å². The van der Waals surface area contributed by atoms with Gasteiger partial charge in [0, 0.05) is 24.3 Å². The Morgan fingerprint density at radius 3 is 2.54 bits per heavy atom. The number of aromatic nitrogens is 1. The molecule has 1 heterocycles. The third-order valence-electron chi connectivity index (χ3n) is 4.02. The second-order valence-electron chi connectivity index (χ2n) is 5.49. The van der Waals surface area contributed by atoms with E-state index in [0.29, 0.717) is 34.1 Å². The van der Waals surface area contributed by atoms with Gasteiger partial charge in [-0.1, -0.05) is 29.8 Å². The number of benzene rings is 1.